The van der Waals surface area contributed by atoms with Crippen LogP contribution in [0.5, 0.6) is 0 Å². The lowest BCUT2D eigenvalue weighted by atomic mass is 10.3. The molecule has 2 rings (SSSR count). The first-order valence-electron chi connectivity index (χ1n) is 5.62. The molecule has 1 aromatic rings. The van der Waals surface area contributed by atoms with Crippen LogP contribution in [0.3, 0.4) is 0 Å². The van der Waals surface area contributed by atoms with E-state index in [9.17, 15) is 21.6 Å². The normalized spacial score (nSPS) is 21.5. The number of nitrogens with zero attached hydrogens (tertiary/aromatic N) is 1. The van der Waals surface area contributed by atoms with E-state index >= 15 is 0 Å². The molecule has 0 saturated carbocycles. The Morgan fingerprint density at radius 1 is 1.45 bits per heavy atom. The van der Waals surface area contributed by atoms with Gasteiger partial charge < -0.3 is 5.11 Å². The molecule has 1 saturated heterocycles. The first-order valence-corrected chi connectivity index (χ1v) is 8.98. The van der Waals surface area contributed by atoms with Gasteiger partial charge in [-0.3, -0.25) is 4.72 Å². The fourth-order valence-corrected chi connectivity index (χ4v) is 5.94. The van der Waals surface area contributed by atoms with E-state index in [-0.39, 0.29) is 23.6 Å². The van der Waals surface area contributed by atoms with Gasteiger partial charge in [0.1, 0.15) is 5.56 Å². The quantitative estimate of drug-likeness (QED) is 0.779. The molecule has 2 heterocycles. The summed E-state index contributed by atoms with van der Waals surface area (Å²) < 4.78 is 48.8. The molecule has 10 heteroatoms. The number of anilines is 1. The molecular weight excluding hydrogens is 308 g/mol. The molecule has 2 N–H and O–H groups in total. The molecule has 8 nitrogen and oxygen atoms in total. The molecule has 1 unspecified atom stereocenters. The number of sulfone groups is 1. The number of sulfonamides is 1. The molecule has 0 amide bonds. The number of aromatic carboxylic acids is 1. The highest BCUT2D eigenvalue weighted by Crippen LogP contribution is 2.22. The van der Waals surface area contributed by atoms with Gasteiger partial charge >= 0.3 is 5.97 Å². The largest absolute Gasteiger partial charge is 0.478 e. The maximum atomic E-state index is 12.1. The van der Waals surface area contributed by atoms with Gasteiger partial charge in [0.05, 0.1) is 16.8 Å². The Labute approximate surface area is 115 Å². The second-order valence-corrected chi connectivity index (χ2v) is 8.57. The van der Waals surface area contributed by atoms with Gasteiger partial charge in [-0.25, -0.2) is 26.6 Å². The van der Waals surface area contributed by atoms with Crippen molar-refractivity contribution >= 4 is 31.6 Å². The summed E-state index contributed by atoms with van der Waals surface area (Å²) in [5, 5.41) is 7.85. The number of nitrogens with one attached hydrogen (secondary N) is 1. The third kappa shape index (κ3) is 3.07. The first kappa shape index (κ1) is 14.7. The van der Waals surface area contributed by atoms with Gasteiger partial charge in [0.25, 0.3) is 0 Å². The number of rotatable bonds is 4. The zero-order chi connectivity index (χ0) is 15.0. The van der Waals surface area contributed by atoms with Crippen LogP contribution in [0.4, 0.5) is 5.82 Å². The summed E-state index contributed by atoms with van der Waals surface area (Å²) in [6.07, 6.45) is 1.24. The molecule has 1 aliphatic rings. The van der Waals surface area contributed by atoms with E-state index in [4.69, 9.17) is 5.11 Å². The average molecular weight is 320 g/mol. The third-order valence-corrected chi connectivity index (χ3v) is 6.64. The summed E-state index contributed by atoms with van der Waals surface area (Å²) >= 11 is 0. The maximum Gasteiger partial charge on any atom is 0.339 e. The Balaban J connectivity index is 2.28. The minimum absolute atomic E-state index is 0.00704. The van der Waals surface area contributed by atoms with Crippen molar-refractivity contribution in [3.05, 3.63) is 23.9 Å². The highest BCUT2D eigenvalue weighted by Gasteiger charge is 2.37. The van der Waals surface area contributed by atoms with Crippen molar-refractivity contribution in [2.24, 2.45) is 0 Å². The van der Waals surface area contributed by atoms with Crippen LogP contribution in [0.15, 0.2) is 18.3 Å². The number of carboxylic acid groups (broad SMARTS) is 1. The summed E-state index contributed by atoms with van der Waals surface area (Å²) in [7, 11) is -7.35. The maximum absolute atomic E-state index is 12.1. The zero-order valence-corrected chi connectivity index (χ0v) is 11.8. The number of carbonyl (C=O) groups is 1. The van der Waals surface area contributed by atoms with Crippen LogP contribution in [0.1, 0.15) is 16.8 Å². The molecule has 20 heavy (non-hydrogen) atoms. The molecule has 1 aliphatic heterocycles. The molecule has 1 atom stereocenters. The van der Waals surface area contributed by atoms with Gasteiger partial charge in [-0.1, -0.05) is 0 Å². The summed E-state index contributed by atoms with van der Waals surface area (Å²) in [5.74, 6) is -2.29. The monoisotopic (exact) mass is 320 g/mol. The predicted molar refractivity (Wildman–Crippen MR) is 70.8 cm³/mol. The van der Waals surface area contributed by atoms with Gasteiger partial charge in [0.15, 0.2) is 15.7 Å². The Morgan fingerprint density at radius 3 is 2.70 bits per heavy atom. The molecule has 110 valence electrons. The van der Waals surface area contributed by atoms with Gasteiger partial charge in [-0.05, 0) is 18.6 Å². The molecule has 0 aromatic carbocycles. The first-order chi connectivity index (χ1) is 9.21. The predicted octanol–water partition coefficient (Wildman–Crippen LogP) is -0.291. The number of hydrogen-bond donors (Lipinski definition) is 2. The average Bonchev–Trinajstić information content (AvgIpc) is 2.70. The van der Waals surface area contributed by atoms with E-state index in [1.807, 2.05) is 0 Å². The minimum Gasteiger partial charge on any atom is -0.478 e. The van der Waals surface area contributed by atoms with E-state index in [0.717, 1.165) is 0 Å². The number of aromatic nitrogens is 1. The summed E-state index contributed by atoms with van der Waals surface area (Å²) in [6.45, 7) is 0. The lowest BCUT2D eigenvalue weighted by Crippen LogP contribution is -2.29. The van der Waals surface area contributed by atoms with Crippen molar-refractivity contribution in [1.29, 1.82) is 0 Å². The van der Waals surface area contributed by atoms with Crippen LogP contribution < -0.4 is 4.72 Å². The van der Waals surface area contributed by atoms with Crippen LogP contribution in [-0.2, 0) is 19.9 Å². The lowest BCUT2D eigenvalue weighted by Gasteiger charge is -2.13. The van der Waals surface area contributed by atoms with Crippen LogP contribution in [0.25, 0.3) is 0 Å². The smallest absolute Gasteiger partial charge is 0.339 e. The van der Waals surface area contributed by atoms with Crippen molar-refractivity contribution in [1.82, 2.24) is 4.98 Å². The second kappa shape index (κ2) is 5.02. The standard InChI is InChI=1S/C10H12N2O6S2/c13-10(14)8-2-1-4-11-9(8)12-20(17,18)7-3-5-19(15,16)6-7/h1-2,4,7H,3,5-6H2,(H,11,12)(H,13,14). The summed E-state index contributed by atoms with van der Waals surface area (Å²) in [4.78, 5) is 14.6. The number of carboxylic acids is 1. The second-order valence-electron chi connectivity index (χ2n) is 4.38. The van der Waals surface area contributed by atoms with E-state index in [2.05, 4.69) is 9.71 Å². The van der Waals surface area contributed by atoms with Gasteiger partial charge in [0, 0.05) is 6.20 Å². The zero-order valence-electron chi connectivity index (χ0n) is 10.2. The fraction of sp³-hybridized carbons (Fsp3) is 0.400. The molecule has 0 spiro atoms. The molecule has 0 aliphatic carbocycles. The Morgan fingerprint density at radius 2 is 2.15 bits per heavy atom. The van der Waals surface area contributed by atoms with Crippen molar-refractivity contribution in [2.45, 2.75) is 11.7 Å². The topological polar surface area (TPSA) is 130 Å². The van der Waals surface area contributed by atoms with Gasteiger partial charge in [-0.15, -0.1) is 0 Å². The molecule has 0 radical (unpaired) electrons. The summed E-state index contributed by atoms with van der Waals surface area (Å²) in [5.41, 5.74) is -0.295. The fourth-order valence-electron chi connectivity index (χ4n) is 1.88. The van der Waals surface area contributed by atoms with Crippen LogP contribution in [0.2, 0.25) is 0 Å². The molecule has 1 fully saturated rings. The van der Waals surface area contributed by atoms with Crippen LogP contribution in [0, 0.1) is 0 Å². The van der Waals surface area contributed by atoms with Gasteiger partial charge in [0.2, 0.25) is 10.0 Å². The van der Waals surface area contributed by atoms with E-state index in [0.29, 0.717) is 0 Å². The minimum atomic E-state index is -4.00. The Hall–Kier alpha value is -1.68. The van der Waals surface area contributed by atoms with Crippen molar-refractivity contribution < 1.29 is 26.7 Å². The third-order valence-electron chi connectivity index (χ3n) is 2.91. The van der Waals surface area contributed by atoms with Crippen molar-refractivity contribution in [2.75, 3.05) is 16.2 Å². The molecule has 0 bridgehead atoms. The number of pyridine rings is 1. The van der Waals surface area contributed by atoms with E-state index in [1.165, 1.54) is 18.3 Å². The highest BCUT2D eigenvalue weighted by atomic mass is 32.2. The Kier molecular flexibility index (Phi) is 3.69. The number of hydrogen-bond acceptors (Lipinski definition) is 6. The SMILES string of the molecule is O=C(O)c1cccnc1NS(=O)(=O)C1CCS(=O)(=O)C1. The lowest BCUT2D eigenvalue weighted by molar-refractivity contribution is 0.0697. The van der Waals surface area contributed by atoms with Crippen LogP contribution >= 0.6 is 0 Å². The molecular formula is C10H12N2O6S2. The summed E-state index contributed by atoms with van der Waals surface area (Å²) in [6, 6.07) is 2.57. The van der Waals surface area contributed by atoms with Crippen LogP contribution in [-0.4, -0.2) is 49.7 Å². The molecule has 1 aromatic heterocycles. The van der Waals surface area contributed by atoms with Crippen molar-refractivity contribution in [3.63, 3.8) is 0 Å². The van der Waals surface area contributed by atoms with E-state index in [1.54, 1.807) is 0 Å². The van der Waals surface area contributed by atoms with E-state index < -0.39 is 36.8 Å². The highest BCUT2D eigenvalue weighted by molar-refractivity contribution is 7.97. The Bertz CT molecular complexity index is 741. The van der Waals surface area contributed by atoms with Crippen molar-refractivity contribution in [3.8, 4) is 0 Å². The van der Waals surface area contributed by atoms with Gasteiger partial charge in [-0.2, -0.15) is 0 Å².